The molecule has 5 rings (SSSR count). The van der Waals surface area contributed by atoms with Gasteiger partial charge in [0.25, 0.3) is 5.91 Å². The summed E-state index contributed by atoms with van der Waals surface area (Å²) in [6, 6.07) is 7.11. The number of para-hydroxylation sites is 1. The summed E-state index contributed by atoms with van der Waals surface area (Å²) in [5, 5.41) is 23.6. The molecule has 3 heterocycles. The summed E-state index contributed by atoms with van der Waals surface area (Å²) in [6.07, 6.45) is 4.71. The number of hydrogen-bond donors (Lipinski definition) is 4. The number of nitrogens with one attached hydrogen (secondary N) is 3. The molecule has 4 N–H and O–H groups in total. The molecule has 0 bridgehead atoms. The van der Waals surface area contributed by atoms with Crippen molar-refractivity contribution in [2.75, 3.05) is 17.7 Å². The first-order valence-electron chi connectivity index (χ1n) is 9.79. The fourth-order valence-electron chi connectivity index (χ4n) is 3.85. The zero-order valence-corrected chi connectivity index (χ0v) is 16.3. The number of oxazole rings is 1. The predicted octanol–water partition coefficient (Wildman–Crippen LogP) is 2.30. The molecule has 4 aromatic rings. The number of fused-ring (bicyclic) bond motifs is 2. The third kappa shape index (κ3) is 3.11. The lowest BCUT2D eigenvalue weighted by molar-refractivity contribution is 0.0874. The number of benzene rings is 1. The van der Waals surface area contributed by atoms with Crippen molar-refractivity contribution in [3.63, 3.8) is 0 Å². The Bertz CT molecular complexity index is 1230. The average Bonchev–Trinajstić information content (AvgIpc) is 3.48. The minimum atomic E-state index is -0.517. The van der Waals surface area contributed by atoms with Crippen LogP contribution in [0, 0.1) is 0 Å². The maximum atomic E-state index is 12.9. The molecule has 0 unspecified atom stereocenters. The van der Waals surface area contributed by atoms with Gasteiger partial charge in [-0.15, -0.1) is 0 Å². The van der Waals surface area contributed by atoms with Crippen LogP contribution in [0.4, 0.5) is 17.3 Å². The van der Waals surface area contributed by atoms with Crippen LogP contribution in [-0.4, -0.2) is 49.8 Å². The molecule has 1 fully saturated rings. The highest BCUT2D eigenvalue weighted by Crippen LogP contribution is 2.27. The molecule has 0 radical (unpaired) electrons. The largest absolute Gasteiger partial charge is 0.443 e. The maximum absolute atomic E-state index is 12.9. The van der Waals surface area contributed by atoms with Crippen molar-refractivity contribution in [2.45, 2.75) is 31.4 Å². The Balaban J connectivity index is 1.51. The van der Waals surface area contributed by atoms with E-state index in [1.54, 1.807) is 17.6 Å². The molecule has 3 aromatic heterocycles. The molecule has 1 saturated carbocycles. The minimum absolute atomic E-state index is 0.248. The average molecular weight is 407 g/mol. The van der Waals surface area contributed by atoms with Crippen LogP contribution in [0.25, 0.3) is 16.7 Å². The molecule has 2 atom stereocenters. The van der Waals surface area contributed by atoms with Crippen LogP contribution in [0.2, 0.25) is 0 Å². The molecule has 1 amide bonds. The highest BCUT2D eigenvalue weighted by molar-refractivity contribution is 6.00. The van der Waals surface area contributed by atoms with Crippen LogP contribution in [0.3, 0.4) is 0 Å². The number of hydrogen-bond acceptors (Lipinski definition) is 8. The molecular formula is C20H21N7O3. The van der Waals surface area contributed by atoms with E-state index in [-0.39, 0.29) is 11.9 Å². The summed E-state index contributed by atoms with van der Waals surface area (Å²) < 4.78 is 6.92. The zero-order chi connectivity index (χ0) is 20.7. The summed E-state index contributed by atoms with van der Waals surface area (Å²) >= 11 is 0. The number of aliphatic hydroxyl groups is 1. The van der Waals surface area contributed by atoms with Crippen LogP contribution in [-0.2, 0) is 0 Å². The van der Waals surface area contributed by atoms with Gasteiger partial charge in [-0.3, -0.25) is 4.79 Å². The van der Waals surface area contributed by atoms with Gasteiger partial charge in [-0.25, -0.2) is 9.97 Å². The van der Waals surface area contributed by atoms with Gasteiger partial charge in [0.05, 0.1) is 24.0 Å². The number of carbonyl (C=O) groups excluding carboxylic acids is 1. The zero-order valence-electron chi connectivity index (χ0n) is 16.3. The molecular weight excluding hydrogens is 386 g/mol. The Morgan fingerprint density at radius 3 is 3.03 bits per heavy atom. The van der Waals surface area contributed by atoms with Crippen LogP contribution in [0.1, 0.15) is 29.6 Å². The molecule has 0 spiro atoms. The van der Waals surface area contributed by atoms with E-state index in [2.05, 4.69) is 31.0 Å². The summed E-state index contributed by atoms with van der Waals surface area (Å²) in [7, 11) is 1.77. The lowest BCUT2D eigenvalue weighted by atomic mass is 10.2. The van der Waals surface area contributed by atoms with Gasteiger partial charge in [0.1, 0.15) is 22.7 Å². The molecule has 30 heavy (non-hydrogen) atoms. The third-order valence-corrected chi connectivity index (χ3v) is 5.39. The first-order chi connectivity index (χ1) is 14.6. The van der Waals surface area contributed by atoms with Crippen molar-refractivity contribution in [1.29, 1.82) is 0 Å². The number of nitrogens with zero attached hydrogens (tertiary/aromatic N) is 4. The SMILES string of the molecule is CNc1cc(Nc2cccc3ocnc23)nc2c(C(=O)N[C@H]3CCC[C@H]3O)cnn12. The van der Waals surface area contributed by atoms with Gasteiger partial charge >= 0.3 is 0 Å². The highest BCUT2D eigenvalue weighted by atomic mass is 16.3. The van der Waals surface area contributed by atoms with E-state index < -0.39 is 6.10 Å². The quantitative estimate of drug-likeness (QED) is 0.397. The number of anilines is 3. The molecule has 10 nitrogen and oxygen atoms in total. The summed E-state index contributed by atoms with van der Waals surface area (Å²) in [6.45, 7) is 0. The van der Waals surface area contributed by atoms with Crippen LogP contribution in [0.5, 0.6) is 0 Å². The van der Waals surface area contributed by atoms with Crippen molar-refractivity contribution in [2.24, 2.45) is 0 Å². The number of carbonyl (C=O) groups is 1. The third-order valence-electron chi connectivity index (χ3n) is 5.39. The van der Waals surface area contributed by atoms with Gasteiger partial charge in [0, 0.05) is 13.1 Å². The highest BCUT2D eigenvalue weighted by Gasteiger charge is 2.28. The number of aromatic nitrogens is 4. The Morgan fingerprint density at radius 2 is 2.23 bits per heavy atom. The molecule has 0 aliphatic heterocycles. The molecule has 10 heteroatoms. The first kappa shape index (κ1) is 18.4. The number of rotatable bonds is 5. The summed E-state index contributed by atoms with van der Waals surface area (Å²) in [4.78, 5) is 21.7. The van der Waals surface area contributed by atoms with Gasteiger partial charge in [-0.1, -0.05) is 6.07 Å². The van der Waals surface area contributed by atoms with E-state index in [1.807, 2.05) is 18.2 Å². The Labute approximate surface area is 171 Å². The molecule has 1 aliphatic carbocycles. The van der Waals surface area contributed by atoms with E-state index in [9.17, 15) is 9.90 Å². The number of aliphatic hydroxyl groups excluding tert-OH is 1. The predicted molar refractivity (Wildman–Crippen MR) is 111 cm³/mol. The van der Waals surface area contributed by atoms with Crippen molar-refractivity contribution in [1.82, 2.24) is 24.9 Å². The van der Waals surface area contributed by atoms with Crippen molar-refractivity contribution >= 4 is 40.0 Å². The second-order valence-electron chi connectivity index (χ2n) is 7.28. The second kappa shape index (κ2) is 7.30. The molecule has 154 valence electrons. The van der Waals surface area contributed by atoms with Crippen LogP contribution < -0.4 is 16.0 Å². The van der Waals surface area contributed by atoms with Crippen molar-refractivity contribution < 1.29 is 14.3 Å². The fraction of sp³-hybridized carbons (Fsp3) is 0.300. The molecule has 0 saturated heterocycles. The Hall–Kier alpha value is -3.66. The topological polar surface area (TPSA) is 130 Å². The maximum Gasteiger partial charge on any atom is 0.257 e. The summed E-state index contributed by atoms with van der Waals surface area (Å²) in [5.41, 5.74) is 2.83. The monoisotopic (exact) mass is 407 g/mol. The number of amides is 1. The van der Waals surface area contributed by atoms with Crippen LogP contribution >= 0.6 is 0 Å². The lowest BCUT2D eigenvalue weighted by Crippen LogP contribution is -2.39. The standard InChI is InChI=1S/C20H21N7O3/c1-21-17-8-16(24-13-5-3-7-15-18(13)22-10-30-15)26-19-11(9-23-27(17)19)20(29)25-12-4-2-6-14(12)28/h3,5,7-10,12,14,21,28H,2,4,6H2,1H3,(H,24,26)(H,25,29)/t12-,14+/m0/s1. The first-order valence-corrected chi connectivity index (χ1v) is 9.79. The lowest BCUT2D eigenvalue weighted by Gasteiger charge is -2.16. The normalized spacial score (nSPS) is 18.7. The van der Waals surface area contributed by atoms with Gasteiger partial charge in [0.2, 0.25) is 0 Å². The Kier molecular flexibility index (Phi) is 4.47. The fourth-order valence-corrected chi connectivity index (χ4v) is 3.85. The van der Waals surface area contributed by atoms with E-state index >= 15 is 0 Å². The smallest absolute Gasteiger partial charge is 0.257 e. The van der Waals surface area contributed by atoms with Crippen molar-refractivity contribution in [3.05, 3.63) is 42.4 Å². The second-order valence-corrected chi connectivity index (χ2v) is 7.28. The van der Waals surface area contributed by atoms with Gasteiger partial charge in [-0.2, -0.15) is 9.61 Å². The van der Waals surface area contributed by atoms with Gasteiger partial charge in [-0.05, 0) is 31.4 Å². The van der Waals surface area contributed by atoms with Gasteiger partial charge < -0.3 is 25.5 Å². The molecule has 1 aromatic carbocycles. The van der Waals surface area contributed by atoms with Gasteiger partial charge in [0.15, 0.2) is 17.6 Å². The van der Waals surface area contributed by atoms with E-state index in [4.69, 9.17) is 4.42 Å². The van der Waals surface area contributed by atoms with E-state index in [0.29, 0.717) is 40.4 Å². The molecule has 1 aliphatic rings. The minimum Gasteiger partial charge on any atom is -0.443 e. The van der Waals surface area contributed by atoms with E-state index in [1.165, 1.54) is 12.6 Å². The van der Waals surface area contributed by atoms with E-state index in [0.717, 1.165) is 18.5 Å². The van der Waals surface area contributed by atoms with Crippen LogP contribution in [0.15, 0.2) is 41.3 Å². The summed E-state index contributed by atoms with van der Waals surface area (Å²) in [5.74, 6) is 0.883. The van der Waals surface area contributed by atoms with Crippen molar-refractivity contribution in [3.8, 4) is 0 Å². The Morgan fingerprint density at radius 1 is 1.33 bits per heavy atom.